The maximum Gasteiger partial charge on any atom is 0.126 e. The highest BCUT2D eigenvalue weighted by Gasteiger charge is 1.97. The van der Waals surface area contributed by atoms with Crippen LogP contribution in [0, 0.1) is 6.92 Å². The summed E-state index contributed by atoms with van der Waals surface area (Å²) in [6.45, 7) is 3.86. The molecule has 3 N–H and O–H groups in total. The van der Waals surface area contributed by atoms with Gasteiger partial charge in [-0.25, -0.2) is 4.98 Å². The molecule has 0 unspecified atom stereocenters. The van der Waals surface area contributed by atoms with Crippen molar-refractivity contribution >= 4 is 21.7 Å². The van der Waals surface area contributed by atoms with E-state index in [-0.39, 0.29) is 0 Å². The third kappa shape index (κ3) is 4.94. The van der Waals surface area contributed by atoms with Crippen LogP contribution >= 0.6 is 15.9 Å². The zero-order valence-electron chi connectivity index (χ0n) is 9.80. The van der Waals surface area contributed by atoms with Crippen LogP contribution < -0.4 is 11.1 Å². The highest BCUT2D eigenvalue weighted by atomic mass is 79.9. The number of halogens is 1. The Morgan fingerprint density at radius 2 is 2.06 bits per heavy atom. The zero-order valence-corrected chi connectivity index (χ0v) is 11.4. The SMILES string of the molecule is Cc1cc(NCCCCCCN)ncc1Br. The van der Waals surface area contributed by atoms with Crippen molar-refractivity contribution in [3.8, 4) is 0 Å². The van der Waals surface area contributed by atoms with E-state index in [2.05, 4.69) is 39.2 Å². The molecule has 0 aliphatic rings. The maximum absolute atomic E-state index is 5.44. The van der Waals surface area contributed by atoms with Gasteiger partial charge < -0.3 is 11.1 Å². The number of anilines is 1. The Hall–Kier alpha value is -0.610. The molecule has 0 amide bonds. The molecule has 3 nitrogen and oxygen atoms in total. The number of rotatable bonds is 7. The van der Waals surface area contributed by atoms with Crippen LogP contribution in [0.2, 0.25) is 0 Å². The number of hydrogen-bond donors (Lipinski definition) is 2. The predicted octanol–water partition coefficient (Wildman–Crippen LogP) is 3.08. The van der Waals surface area contributed by atoms with E-state index in [1.165, 1.54) is 24.8 Å². The van der Waals surface area contributed by atoms with Gasteiger partial charge in [0.05, 0.1) is 0 Å². The van der Waals surface area contributed by atoms with Crippen molar-refractivity contribution in [3.63, 3.8) is 0 Å². The molecule has 0 fully saturated rings. The van der Waals surface area contributed by atoms with Gasteiger partial charge in [0.1, 0.15) is 5.82 Å². The van der Waals surface area contributed by atoms with Gasteiger partial charge in [-0.15, -0.1) is 0 Å². The first-order chi connectivity index (χ1) is 7.74. The zero-order chi connectivity index (χ0) is 11.8. The summed E-state index contributed by atoms with van der Waals surface area (Å²) < 4.78 is 1.06. The van der Waals surface area contributed by atoms with Gasteiger partial charge in [0, 0.05) is 17.2 Å². The summed E-state index contributed by atoms with van der Waals surface area (Å²) in [5.74, 6) is 0.958. The third-order valence-corrected chi connectivity index (χ3v) is 3.31. The second-order valence-electron chi connectivity index (χ2n) is 3.95. The van der Waals surface area contributed by atoms with Crippen molar-refractivity contribution in [2.45, 2.75) is 32.6 Å². The van der Waals surface area contributed by atoms with E-state index in [4.69, 9.17) is 5.73 Å². The van der Waals surface area contributed by atoms with Gasteiger partial charge in [0.15, 0.2) is 0 Å². The molecule has 1 aromatic rings. The molecule has 0 radical (unpaired) electrons. The van der Waals surface area contributed by atoms with E-state index >= 15 is 0 Å². The summed E-state index contributed by atoms with van der Waals surface area (Å²) in [4.78, 5) is 4.30. The summed E-state index contributed by atoms with van der Waals surface area (Å²) in [6.07, 6.45) is 6.61. The van der Waals surface area contributed by atoms with Gasteiger partial charge in [0.25, 0.3) is 0 Å². The molecule has 16 heavy (non-hydrogen) atoms. The summed E-state index contributed by atoms with van der Waals surface area (Å²) >= 11 is 3.44. The minimum atomic E-state index is 0.806. The van der Waals surface area contributed by atoms with Gasteiger partial charge in [0.2, 0.25) is 0 Å². The van der Waals surface area contributed by atoms with E-state index < -0.39 is 0 Å². The van der Waals surface area contributed by atoms with Crippen molar-refractivity contribution in [2.75, 3.05) is 18.4 Å². The van der Waals surface area contributed by atoms with Gasteiger partial charge in [-0.05, 0) is 53.9 Å². The number of hydrogen-bond acceptors (Lipinski definition) is 3. The third-order valence-electron chi connectivity index (χ3n) is 2.48. The molecule has 0 aromatic carbocycles. The van der Waals surface area contributed by atoms with E-state index in [1.54, 1.807) is 0 Å². The molecular formula is C12H20BrN3. The van der Waals surface area contributed by atoms with Crippen molar-refractivity contribution in [1.82, 2.24) is 4.98 Å². The second kappa shape index (κ2) is 7.63. The van der Waals surface area contributed by atoms with Crippen LogP contribution in [0.15, 0.2) is 16.7 Å². The molecule has 0 aliphatic heterocycles. The fourth-order valence-electron chi connectivity index (χ4n) is 1.48. The Labute approximate surface area is 106 Å². The molecule has 1 heterocycles. The molecular weight excluding hydrogens is 266 g/mol. The van der Waals surface area contributed by atoms with Crippen LogP contribution in [0.5, 0.6) is 0 Å². The lowest BCUT2D eigenvalue weighted by Crippen LogP contribution is -2.04. The van der Waals surface area contributed by atoms with Crippen molar-refractivity contribution in [3.05, 3.63) is 22.3 Å². The highest BCUT2D eigenvalue weighted by molar-refractivity contribution is 9.10. The number of unbranched alkanes of at least 4 members (excludes halogenated alkanes) is 3. The molecule has 4 heteroatoms. The number of aromatic nitrogens is 1. The lowest BCUT2D eigenvalue weighted by Gasteiger charge is -2.06. The monoisotopic (exact) mass is 285 g/mol. The van der Waals surface area contributed by atoms with Gasteiger partial charge >= 0.3 is 0 Å². The van der Waals surface area contributed by atoms with Crippen LogP contribution in [0.1, 0.15) is 31.2 Å². The number of aryl methyl sites for hydroxylation is 1. The lowest BCUT2D eigenvalue weighted by molar-refractivity contribution is 0.661. The van der Waals surface area contributed by atoms with Crippen LogP contribution in [0.4, 0.5) is 5.82 Å². The normalized spacial score (nSPS) is 10.4. The number of nitrogens with zero attached hydrogens (tertiary/aromatic N) is 1. The van der Waals surface area contributed by atoms with E-state index in [9.17, 15) is 0 Å². The van der Waals surface area contributed by atoms with E-state index in [0.29, 0.717) is 0 Å². The van der Waals surface area contributed by atoms with Crippen molar-refractivity contribution in [2.24, 2.45) is 5.73 Å². The Morgan fingerprint density at radius 1 is 1.31 bits per heavy atom. The molecule has 1 aromatic heterocycles. The summed E-state index contributed by atoms with van der Waals surface area (Å²) in [6, 6.07) is 2.06. The van der Waals surface area contributed by atoms with Crippen LogP contribution in [-0.2, 0) is 0 Å². The van der Waals surface area contributed by atoms with Gasteiger partial charge in [-0.2, -0.15) is 0 Å². The Balaban J connectivity index is 2.19. The second-order valence-corrected chi connectivity index (χ2v) is 4.80. The van der Waals surface area contributed by atoms with Crippen LogP contribution in [0.25, 0.3) is 0 Å². The largest absolute Gasteiger partial charge is 0.370 e. The van der Waals surface area contributed by atoms with Crippen LogP contribution in [0.3, 0.4) is 0 Å². The summed E-state index contributed by atoms with van der Waals surface area (Å²) in [7, 11) is 0. The smallest absolute Gasteiger partial charge is 0.126 e. The molecule has 0 atom stereocenters. The Bertz CT molecular complexity index is 315. The average molecular weight is 286 g/mol. The fraction of sp³-hybridized carbons (Fsp3) is 0.583. The highest BCUT2D eigenvalue weighted by Crippen LogP contribution is 2.17. The average Bonchev–Trinajstić information content (AvgIpc) is 2.28. The van der Waals surface area contributed by atoms with E-state index in [1.807, 2.05) is 6.20 Å². The minimum Gasteiger partial charge on any atom is -0.370 e. The molecule has 0 saturated heterocycles. The Kier molecular flexibility index (Phi) is 6.42. The quantitative estimate of drug-likeness (QED) is 0.757. The van der Waals surface area contributed by atoms with Crippen molar-refractivity contribution < 1.29 is 0 Å². The predicted molar refractivity (Wildman–Crippen MR) is 72.7 cm³/mol. The van der Waals surface area contributed by atoms with Crippen molar-refractivity contribution in [1.29, 1.82) is 0 Å². The topological polar surface area (TPSA) is 50.9 Å². The molecule has 1 rings (SSSR count). The summed E-state index contributed by atoms with van der Waals surface area (Å²) in [5, 5.41) is 3.33. The standard InChI is InChI=1S/C12H20BrN3/c1-10-8-12(16-9-11(10)13)15-7-5-3-2-4-6-14/h8-9H,2-7,14H2,1H3,(H,15,16). The summed E-state index contributed by atoms with van der Waals surface area (Å²) in [5.41, 5.74) is 6.64. The van der Waals surface area contributed by atoms with E-state index in [0.717, 1.165) is 29.8 Å². The fourth-order valence-corrected chi connectivity index (χ4v) is 1.69. The minimum absolute atomic E-state index is 0.806. The lowest BCUT2D eigenvalue weighted by atomic mass is 10.2. The number of pyridine rings is 1. The molecule has 90 valence electrons. The maximum atomic E-state index is 5.44. The van der Waals surface area contributed by atoms with Gasteiger partial charge in [-0.3, -0.25) is 0 Å². The number of nitrogens with one attached hydrogen (secondary N) is 1. The first kappa shape index (κ1) is 13.5. The Morgan fingerprint density at radius 3 is 2.75 bits per heavy atom. The molecule has 0 bridgehead atoms. The van der Waals surface area contributed by atoms with Gasteiger partial charge in [-0.1, -0.05) is 12.8 Å². The first-order valence-corrected chi connectivity index (χ1v) is 6.59. The van der Waals surface area contributed by atoms with Crippen LogP contribution in [-0.4, -0.2) is 18.1 Å². The number of nitrogens with two attached hydrogens (primary N) is 1. The molecule has 0 aliphatic carbocycles. The molecule has 0 spiro atoms. The molecule has 0 saturated carbocycles. The first-order valence-electron chi connectivity index (χ1n) is 5.80.